The Hall–Kier alpha value is -0.810. The zero-order chi connectivity index (χ0) is 15.7. The number of likely N-dealkylation sites (N-methyl/N-ethyl adjacent to an activating group) is 1. The molecular weight excluding hydrogens is 264 g/mol. The van der Waals surface area contributed by atoms with Gasteiger partial charge in [0.25, 0.3) is 0 Å². The maximum atomic E-state index is 5.09. The van der Waals surface area contributed by atoms with Crippen molar-refractivity contribution in [1.82, 2.24) is 15.1 Å². The molecule has 0 aromatic carbocycles. The Morgan fingerprint density at radius 1 is 1.29 bits per heavy atom. The minimum atomic E-state index is 0.757. The Balaban J connectivity index is 2.25. The van der Waals surface area contributed by atoms with Gasteiger partial charge in [0, 0.05) is 40.3 Å². The Bertz CT molecular complexity index is 299. The van der Waals surface area contributed by atoms with E-state index in [4.69, 9.17) is 4.74 Å². The van der Waals surface area contributed by atoms with Gasteiger partial charge in [-0.05, 0) is 38.3 Å². The number of aliphatic imine (C=N–C) groups is 1. The van der Waals surface area contributed by atoms with E-state index in [2.05, 4.69) is 41.0 Å². The average Bonchev–Trinajstić information content (AvgIpc) is 2.44. The van der Waals surface area contributed by atoms with E-state index in [1.807, 2.05) is 7.05 Å². The molecule has 1 N–H and O–H groups in total. The minimum Gasteiger partial charge on any atom is -0.383 e. The highest BCUT2D eigenvalue weighted by molar-refractivity contribution is 5.79. The highest BCUT2D eigenvalue weighted by atomic mass is 16.5. The average molecular weight is 298 g/mol. The van der Waals surface area contributed by atoms with Crippen molar-refractivity contribution in [2.24, 2.45) is 16.8 Å². The highest BCUT2D eigenvalue weighted by Crippen LogP contribution is 2.20. The third-order valence-corrected chi connectivity index (χ3v) is 4.06. The number of nitrogens with one attached hydrogen (secondary N) is 1. The molecule has 124 valence electrons. The first kappa shape index (κ1) is 18.2. The van der Waals surface area contributed by atoms with Crippen LogP contribution in [0.3, 0.4) is 0 Å². The number of likely N-dealkylation sites (tertiary alicyclic amines) is 1. The van der Waals surface area contributed by atoms with Crippen LogP contribution in [0.4, 0.5) is 0 Å². The molecule has 21 heavy (non-hydrogen) atoms. The molecule has 1 heterocycles. The summed E-state index contributed by atoms with van der Waals surface area (Å²) in [6, 6.07) is 0. The summed E-state index contributed by atoms with van der Waals surface area (Å²) in [5, 5.41) is 3.51. The summed E-state index contributed by atoms with van der Waals surface area (Å²) in [7, 11) is 5.78. The van der Waals surface area contributed by atoms with E-state index in [0.29, 0.717) is 0 Å². The van der Waals surface area contributed by atoms with Gasteiger partial charge in [-0.2, -0.15) is 0 Å². The zero-order valence-electron chi connectivity index (χ0n) is 14.6. The molecule has 2 atom stereocenters. The molecule has 0 saturated carbocycles. The molecule has 1 aliphatic heterocycles. The van der Waals surface area contributed by atoms with E-state index in [1.54, 1.807) is 7.11 Å². The van der Waals surface area contributed by atoms with E-state index < -0.39 is 0 Å². The van der Waals surface area contributed by atoms with Gasteiger partial charge >= 0.3 is 0 Å². The van der Waals surface area contributed by atoms with Crippen LogP contribution in [0.2, 0.25) is 0 Å². The summed E-state index contributed by atoms with van der Waals surface area (Å²) in [5.74, 6) is 2.58. The second-order valence-corrected chi connectivity index (χ2v) is 6.47. The number of methoxy groups -OCH3 is 1. The van der Waals surface area contributed by atoms with Crippen molar-refractivity contribution in [3.8, 4) is 0 Å². The molecule has 1 aliphatic rings. The van der Waals surface area contributed by atoms with Crippen molar-refractivity contribution in [3.05, 3.63) is 0 Å². The van der Waals surface area contributed by atoms with Crippen LogP contribution in [0.25, 0.3) is 0 Å². The predicted octanol–water partition coefficient (Wildman–Crippen LogP) is 1.51. The number of guanidine groups is 1. The third-order valence-electron chi connectivity index (χ3n) is 4.06. The van der Waals surface area contributed by atoms with Crippen LogP contribution < -0.4 is 5.32 Å². The molecule has 5 heteroatoms. The summed E-state index contributed by atoms with van der Waals surface area (Å²) >= 11 is 0. The smallest absolute Gasteiger partial charge is 0.193 e. The maximum absolute atomic E-state index is 5.09. The van der Waals surface area contributed by atoms with E-state index in [0.717, 1.165) is 63.5 Å². The van der Waals surface area contributed by atoms with Gasteiger partial charge in [0.1, 0.15) is 0 Å². The van der Waals surface area contributed by atoms with Gasteiger partial charge < -0.3 is 19.9 Å². The summed E-state index contributed by atoms with van der Waals surface area (Å²) in [6.07, 6.45) is 2.45. The monoisotopic (exact) mass is 298 g/mol. The Labute approximate surface area is 130 Å². The number of piperidine rings is 1. The Morgan fingerprint density at radius 3 is 2.52 bits per heavy atom. The number of ether oxygens (including phenoxy) is 1. The highest BCUT2D eigenvalue weighted by Gasteiger charge is 2.23. The van der Waals surface area contributed by atoms with Crippen LogP contribution in [-0.2, 0) is 4.74 Å². The largest absolute Gasteiger partial charge is 0.383 e. The molecular formula is C16H34N4O. The van der Waals surface area contributed by atoms with Crippen LogP contribution in [-0.4, -0.2) is 76.3 Å². The lowest BCUT2D eigenvalue weighted by atomic mass is 9.92. The molecule has 1 rings (SSSR count). The first-order valence-electron chi connectivity index (χ1n) is 8.19. The van der Waals surface area contributed by atoms with Gasteiger partial charge in [0.05, 0.1) is 6.61 Å². The van der Waals surface area contributed by atoms with Gasteiger partial charge in [-0.15, -0.1) is 0 Å². The summed E-state index contributed by atoms with van der Waals surface area (Å²) in [6.45, 7) is 10.8. The van der Waals surface area contributed by atoms with Crippen LogP contribution in [0.5, 0.6) is 0 Å². The molecule has 1 saturated heterocycles. The number of hydrogen-bond acceptors (Lipinski definition) is 3. The van der Waals surface area contributed by atoms with Crippen molar-refractivity contribution < 1.29 is 4.74 Å². The molecule has 0 spiro atoms. The Kier molecular flexibility index (Phi) is 8.69. The minimum absolute atomic E-state index is 0.757. The number of hydrogen-bond donors (Lipinski definition) is 1. The van der Waals surface area contributed by atoms with Gasteiger partial charge in [0.2, 0.25) is 0 Å². The molecule has 5 nitrogen and oxygen atoms in total. The van der Waals surface area contributed by atoms with Gasteiger partial charge in [-0.3, -0.25) is 4.99 Å². The van der Waals surface area contributed by atoms with E-state index in [1.165, 1.54) is 6.42 Å². The van der Waals surface area contributed by atoms with Gasteiger partial charge in [-0.25, -0.2) is 0 Å². The van der Waals surface area contributed by atoms with Crippen LogP contribution in [0, 0.1) is 11.8 Å². The SMILES string of the molecule is CN=C(NCCCN(C)CCOC)N1CC(C)CC(C)C1. The van der Waals surface area contributed by atoms with Crippen LogP contribution in [0.1, 0.15) is 26.7 Å². The molecule has 0 bridgehead atoms. The number of nitrogens with zero attached hydrogens (tertiary/aromatic N) is 3. The Morgan fingerprint density at radius 2 is 1.95 bits per heavy atom. The molecule has 0 aromatic rings. The first-order chi connectivity index (χ1) is 10.1. The fraction of sp³-hybridized carbons (Fsp3) is 0.938. The van der Waals surface area contributed by atoms with E-state index in [-0.39, 0.29) is 0 Å². The molecule has 0 aliphatic carbocycles. The van der Waals surface area contributed by atoms with Crippen molar-refractivity contribution in [2.75, 3.05) is 60.5 Å². The summed E-state index contributed by atoms with van der Waals surface area (Å²) in [5.41, 5.74) is 0. The summed E-state index contributed by atoms with van der Waals surface area (Å²) in [4.78, 5) is 9.16. The fourth-order valence-corrected chi connectivity index (χ4v) is 3.08. The second kappa shape index (κ2) is 10.0. The summed E-state index contributed by atoms with van der Waals surface area (Å²) < 4.78 is 5.09. The van der Waals surface area contributed by atoms with E-state index in [9.17, 15) is 0 Å². The maximum Gasteiger partial charge on any atom is 0.193 e. The molecule has 1 fully saturated rings. The molecule has 2 unspecified atom stereocenters. The molecule has 0 aromatic heterocycles. The standard InChI is InChI=1S/C16H34N4O/c1-14-11-15(2)13-20(12-14)16(17-3)18-7-6-8-19(4)9-10-21-5/h14-15H,6-13H2,1-5H3,(H,17,18). The van der Waals surface area contributed by atoms with Gasteiger partial charge in [0.15, 0.2) is 5.96 Å². The first-order valence-corrected chi connectivity index (χ1v) is 8.19. The van der Waals surface area contributed by atoms with Crippen molar-refractivity contribution in [2.45, 2.75) is 26.7 Å². The second-order valence-electron chi connectivity index (χ2n) is 6.47. The third kappa shape index (κ3) is 7.14. The van der Waals surface area contributed by atoms with Crippen molar-refractivity contribution in [3.63, 3.8) is 0 Å². The molecule has 0 radical (unpaired) electrons. The lowest BCUT2D eigenvalue weighted by molar-refractivity contribution is 0.160. The van der Waals surface area contributed by atoms with Crippen molar-refractivity contribution in [1.29, 1.82) is 0 Å². The lowest BCUT2D eigenvalue weighted by Crippen LogP contribution is -2.48. The van der Waals surface area contributed by atoms with Crippen LogP contribution >= 0.6 is 0 Å². The van der Waals surface area contributed by atoms with E-state index >= 15 is 0 Å². The van der Waals surface area contributed by atoms with Crippen LogP contribution in [0.15, 0.2) is 4.99 Å². The van der Waals surface area contributed by atoms with Gasteiger partial charge in [-0.1, -0.05) is 13.8 Å². The zero-order valence-corrected chi connectivity index (χ0v) is 14.6. The predicted molar refractivity (Wildman–Crippen MR) is 89.9 cm³/mol. The lowest BCUT2D eigenvalue weighted by Gasteiger charge is -2.37. The normalized spacial score (nSPS) is 23.7. The quantitative estimate of drug-likeness (QED) is 0.439. The number of rotatable bonds is 7. The molecule has 0 amide bonds. The van der Waals surface area contributed by atoms with Crippen molar-refractivity contribution >= 4 is 5.96 Å². The fourth-order valence-electron chi connectivity index (χ4n) is 3.08. The topological polar surface area (TPSA) is 40.1 Å².